The lowest BCUT2D eigenvalue weighted by molar-refractivity contribution is 1.18. The molecule has 0 radical (unpaired) electrons. The molecule has 15 heteroatoms. The highest BCUT2D eigenvalue weighted by Crippen LogP contribution is 2.54. The average molecular weight is 1710 g/mol. The molecule has 0 unspecified atom stereocenters. The van der Waals surface area contributed by atoms with Crippen molar-refractivity contribution < 1.29 is 0 Å². The van der Waals surface area contributed by atoms with Gasteiger partial charge < -0.3 is 13.7 Å². The van der Waals surface area contributed by atoms with Crippen LogP contribution in [0.25, 0.3) is 212 Å². The number of benzene rings is 18. The molecule has 0 amide bonds. The fourth-order valence-electron chi connectivity index (χ4n) is 18.8. The van der Waals surface area contributed by atoms with Crippen molar-refractivity contribution in [3.05, 3.63) is 484 Å². The Morgan fingerprint density at radius 1 is 0.170 bits per heavy atom. The SMILES string of the molecule is [C-]#[N+]c1cccc(C#N)c1-c1cccc2c1c1c(-c3c(C#N)cccc3[N+]#[C-])cc(-c3ccccc3)cc1n2-c1ccccc1.[C-]#[N+]c1cccc(C#N)c1-c1cccc2c1c1c(-c3c(C#N)cccc3[N+]#[C-])cccc1n2-c1ccc(-c2ccccc2)cc1.[C-]#[N+]c1cccc(C#N)c1-c1cccc2c1c1c(-c3c(C#N)cccc3[N+]#[C-])cccc1n2-c1cccc(-c2ccccc2)c1. The van der Waals surface area contributed by atoms with E-state index in [9.17, 15) is 31.6 Å². The minimum atomic E-state index is 0.373. The highest BCUT2D eigenvalue weighted by Gasteiger charge is 2.30. The summed E-state index contributed by atoms with van der Waals surface area (Å²) in [5.41, 5.74) is 26.9. The monoisotopic (exact) mass is 1710 g/mol. The summed E-state index contributed by atoms with van der Waals surface area (Å²) in [5.74, 6) is 0. The molecule has 618 valence electrons. The lowest BCUT2D eigenvalue weighted by Crippen LogP contribution is -1.95. The van der Waals surface area contributed by atoms with Gasteiger partial charge in [0.25, 0.3) is 0 Å². The topological polar surface area (TPSA) is 184 Å². The Morgan fingerprint density at radius 3 is 0.696 bits per heavy atom. The molecule has 3 heterocycles. The number of aromatic nitrogens is 3. The molecule has 21 aromatic rings. The van der Waals surface area contributed by atoms with Crippen LogP contribution in [0.1, 0.15) is 33.4 Å². The molecule has 0 aliphatic heterocycles. The van der Waals surface area contributed by atoms with Crippen LogP contribution in [-0.2, 0) is 0 Å². The predicted molar refractivity (Wildman–Crippen MR) is 537 cm³/mol. The fraction of sp³-hybridized carbons (Fsp3) is 0. The van der Waals surface area contributed by atoms with Crippen LogP contribution in [0, 0.1) is 107 Å². The van der Waals surface area contributed by atoms with Gasteiger partial charge in [0.2, 0.25) is 0 Å². The first-order chi connectivity index (χ1) is 66.5. The van der Waals surface area contributed by atoms with Gasteiger partial charge in [-0.2, -0.15) is 31.6 Å². The second kappa shape index (κ2) is 36.3. The van der Waals surface area contributed by atoms with Gasteiger partial charge >= 0.3 is 0 Å². The van der Waals surface area contributed by atoms with Crippen LogP contribution in [0.4, 0.5) is 34.1 Å². The third kappa shape index (κ3) is 14.7. The zero-order chi connectivity index (χ0) is 92.7. The molecule has 0 spiro atoms. The van der Waals surface area contributed by atoms with Gasteiger partial charge in [-0.25, -0.2) is 29.1 Å². The number of hydrogen-bond acceptors (Lipinski definition) is 6. The summed E-state index contributed by atoms with van der Waals surface area (Å²) in [5, 5.41) is 66.0. The van der Waals surface area contributed by atoms with Crippen molar-refractivity contribution in [2.24, 2.45) is 0 Å². The summed E-state index contributed by atoms with van der Waals surface area (Å²) in [6, 6.07) is 136. The molecule has 3 aromatic heterocycles. The lowest BCUT2D eigenvalue weighted by atomic mass is 9.88. The van der Waals surface area contributed by atoms with Gasteiger partial charge in [0, 0.05) is 116 Å². The fourth-order valence-corrected chi connectivity index (χ4v) is 18.8. The molecule has 135 heavy (non-hydrogen) atoms. The van der Waals surface area contributed by atoms with Crippen LogP contribution in [0.15, 0.2) is 382 Å². The third-order valence-corrected chi connectivity index (χ3v) is 24.4. The maximum atomic E-state index is 10.3. The van der Waals surface area contributed by atoms with Crippen LogP contribution in [0.2, 0.25) is 0 Å². The molecule has 18 aromatic carbocycles. The lowest BCUT2D eigenvalue weighted by Gasteiger charge is -2.14. The van der Waals surface area contributed by atoms with E-state index in [1.807, 2.05) is 194 Å². The second-order valence-corrected chi connectivity index (χ2v) is 31.5. The standard InChI is InChI=1S/3C40H21N5/c1-43-33-19-9-14-27(24-41)37(33)31-18-11-21-35-39(31)40-32(38-28(25-42)15-10-20-34(38)44-2)22-29(26-12-5-3-6-13-26)23-36(40)45(35)30-16-7-4-8-17-30;1-43-33-19-7-14-28(24-41)37(33)31-17-9-21-35-39(31)40-32(38-29(25-42)15-8-20-34(38)44-2)18-10-22-36(40)45(35)30-16-6-13-27(23-30)26-11-4-3-5-12-26;1-43-33-16-6-12-28(24-41)37(33)31-14-8-18-35-39(31)40-32(38-29(25-42)13-7-17-34(38)44-2)15-9-19-36(40)45(35)30-22-20-27(21-23-30)26-10-4-3-5-11-26/h3*3-23H. The molecule has 0 N–H and O–H groups in total. The van der Waals surface area contributed by atoms with E-state index in [-0.39, 0.29) is 0 Å². The summed E-state index contributed by atoms with van der Waals surface area (Å²) in [6.45, 7) is 47.8. The number of para-hydroxylation sites is 1. The molecule has 0 aliphatic carbocycles. The zero-order valence-electron chi connectivity index (χ0n) is 71.6. The largest absolute Gasteiger partial charge is 0.309 e. The molecule has 0 saturated heterocycles. The smallest absolute Gasteiger partial charge is 0.196 e. The molecule has 21 rings (SSSR count). The Labute approximate surface area is 777 Å². The van der Waals surface area contributed by atoms with Crippen molar-refractivity contribution in [2.45, 2.75) is 0 Å². The number of hydrogen-bond donors (Lipinski definition) is 0. The summed E-state index contributed by atoms with van der Waals surface area (Å²) in [6.07, 6.45) is 0. The Hall–Kier alpha value is -20.8. The van der Waals surface area contributed by atoms with Gasteiger partial charge in [-0.3, -0.25) is 0 Å². The van der Waals surface area contributed by atoms with Gasteiger partial charge in [-0.15, -0.1) is 0 Å². The first kappa shape index (κ1) is 83.8. The summed E-state index contributed by atoms with van der Waals surface area (Å²) in [4.78, 5) is 22.8. The van der Waals surface area contributed by atoms with Crippen LogP contribution in [0.5, 0.6) is 0 Å². The van der Waals surface area contributed by atoms with E-state index < -0.39 is 0 Å². The van der Waals surface area contributed by atoms with Gasteiger partial charge in [0.1, 0.15) is 0 Å². The molecular weight excluding hydrogens is 1650 g/mol. The Kier molecular flexibility index (Phi) is 22.5. The minimum absolute atomic E-state index is 0.373. The third-order valence-electron chi connectivity index (χ3n) is 24.4. The second-order valence-electron chi connectivity index (χ2n) is 31.5. The summed E-state index contributed by atoms with van der Waals surface area (Å²) in [7, 11) is 0. The maximum absolute atomic E-state index is 10.3. The van der Waals surface area contributed by atoms with Gasteiger partial charge in [0.15, 0.2) is 34.1 Å². The number of nitrogens with zero attached hydrogens (tertiary/aromatic N) is 15. The van der Waals surface area contributed by atoms with Crippen LogP contribution in [0.3, 0.4) is 0 Å². The molecular formula is C120H63N15. The van der Waals surface area contributed by atoms with Gasteiger partial charge in [-0.05, 0) is 182 Å². The normalized spacial score (nSPS) is 10.6. The Bertz CT molecular complexity index is 8610. The van der Waals surface area contributed by atoms with Crippen molar-refractivity contribution in [1.29, 1.82) is 31.6 Å². The molecule has 15 nitrogen and oxygen atoms in total. The number of fused-ring (bicyclic) bond motifs is 9. The van der Waals surface area contributed by atoms with Crippen molar-refractivity contribution in [3.8, 4) is 154 Å². The van der Waals surface area contributed by atoms with E-state index in [1.165, 1.54) is 0 Å². The van der Waals surface area contributed by atoms with Crippen LogP contribution < -0.4 is 0 Å². The Balaban J connectivity index is 0.000000130. The van der Waals surface area contributed by atoms with E-state index in [0.29, 0.717) is 101 Å². The molecule has 0 atom stereocenters. The van der Waals surface area contributed by atoms with Crippen LogP contribution in [-0.4, -0.2) is 13.7 Å². The van der Waals surface area contributed by atoms with Crippen molar-refractivity contribution in [2.75, 3.05) is 0 Å². The molecule has 0 fully saturated rings. The Morgan fingerprint density at radius 2 is 0.393 bits per heavy atom. The van der Waals surface area contributed by atoms with Crippen molar-refractivity contribution in [3.63, 3.8) is 0 Å². The van der Waals surface area contributed by atoms with Gasteiger partial charge in [0.05, 0.1) is 109 Å². The van der Waals surface area contributed by atoms with E-state index in [2.05, 4.69) is 158 Å². The summed E-state index contributed by atoms with van der Waals surface area (Å²) >= 11 is 0. The number of nitriles is 6. The molecule has 0 bridgehead atoms. The van der Waals surface area contributed by atoms with Crippen molar-refractivity contribution in [1.82, 2.24) is 13.7 Å². The average Bonchev–Trinajstić information content (AvgIpc) is 1.57. The number of rotatable bonds is 12. The molecule has 0 aliphatic rings. The summed E-state index contributed by atoms with van der Waals surface area (Å²) < 4.78 is 6.54. The first-order valence-electron chi connectivity index (χ1n) is 42.7. The van der Waals surface area contributed by atoms with Crippen LogP contribution >= 0.6 is 0 Å². The quantitative estimate of drug-likeness (QED) is 0.110. The van der Waals surface area contributed by atoms with Crippen molar-refractivity contribution >= 4 is 99.5 Å². The predicted octanol–water partition coefficient (Wildman–Crippen LogP) is 31.9. The van der Waals surface area contributed by atoms with Gasteiger partial charge in [-0.1, -0.05) is 267 Å². The van der Waals surface area contributed by atoms with E-state index >= 15 is 0 Å². The molecule has 0 saturated carbocycles. The first-order valence-corrected chi connectivity index (χ1v) is 42.7. The maximum Gasteiger partial charge on any atom is 0.196 e. The highest BCUT2D eigenvalue weighted by molar-refractivity contribution is 6.26. The van der Waals surface area contributed by atoms with E-state index in [1.54, 1.807) is 109 Å². The van der Waals surface area contributed by atoms with E-state index in [4.69, 9.17) is 39.4 Å². The zero-order valence-corrected chi connectivity index (χ0v) is 71.6. The minimum Gasteiger partial charge on any atom is -0.309 e. The van der Waals surface area contributed by atoms with E-state index in [0.717, 1.165) is 149 Å². The highest BCUT2D eigenvalue weighted by atomic mass is 15.0.